The van der Waals surface area contributed by atoms with Gasteiger partial charge in [0.25, 0.3) is 11.5 Å². The number of nitrogens with zero attached hydrogens (tertiary/aromatic N) is 3. The second kappa shape index (κ2) is 6.00. The van der Waals surface area contributed by atoms with Gasteiger partial charge in [0.15, 0.2) is 0 Å². The molecule has 0 aromatic carbocycles. The molecular formula is C20H18N4O3S. The quantitative estimate of drug-likeness (QED) is 0.677. The van der Waals surface area contributed by atoms with E-state index in [0.29, 0.717) is 17.8 Å². The number of amides is 3. The van der Waals surface area contributed by atoms with Crippen LogP contribution in [-0.2, 0) is 23.3 Å². The highest BCUT2D eigenvalue weighted by atomic mass is 32.1. The molecule has 7 nitrogen and oxygen atoms in total. The summed E-state index contributed by atoms with van der Waals surface area (Å²) in [4.78, 5) is 45.2. The molecule has 3 aromatic rings. The number of rotatable bonds is 2. The van der Waals surface area contributed by atoms with Crippen LogP contribution >= 0.6 is 11.3 Å². The molecule has 1 atom stereocenters. The number of nitrogens with one attached hydrogen (secondary N) is 1. The van der Waals surface area contributed by atoms with E-state index in [2.05, 4.69) is 10.3 Å². The standard InChI is InChI=1S/C20H18N4O3S/c1-12-4-7-23-16(9-12)21-13(10-17(23)25)11-24-18(26)20(22-19(24)27)6-2-3-15-14(20)5-8-28-15/h4-5,7-10H,2-3,6,11H2,1H3,(H,22,27)/t20-/m1/s1. The highest BCUT2D eigenvalue weighted by Gasteiger charge is 2.54. The summed E-state index contributed by atoms with van der Waals surface area (Å²) in [6.45, 7) is 1.90. The van der Waals surface area contributed by atoms with Gasteiger partial charge in [-0.1, -0.05) is 0 Å². The van der Waals surface area contributed by atoms with E-state index >= 15 is 0 Å². The van der Waals surface area contributed by atoms with Crippen LogP contribution in [0, 0.1) is 6.92 Å². The second-order valence-electron chi connectivity index (χ2n) is 7.36. The SMILES string of the molecule is Cc1ccn2c(=O)cc(CN3C(=O)N[C@@]4(CCCc5sccc54)C3=O)nc2c1. The fourth-order valence-corrected chi connectivity index (χ4v) is 5.18. The van der Waals surface area contributed by atoms with E-state index in [0.717, 1.165) is 28.8 Å². The van der Waals surface area contributed by atoms with Crippen molar-refractivity contribution in [3.05, 3.63) is 67.9 Å². The molecular weight excluding hydrogens is 376 g/mol. The van der Waals surface area contributed by atoms with E-state index in [-0.39, 0.29) is 18.0 Å². The van der Waals surface area contributed by atoms with Gasteiger partial charge in [-0.15, -0.1) is 11.3 Å². The minimum atomic E-state index is -0.979. The minimum absolute atomic E-state index is 0.0223. The van der Waals surface area contributed by atoms with Crippen LogP contribution in [0.5, 0.6) is 0 Å². The average molecular weight is 394 g/mol. The summed E-state index contributed by atoms with van der Waals surface area (Å²) in [5, 5.41) is 4.89. The zero-order valence-corrected chi connectivity index (χ0v) is 16.1. The van der Waals surface area contributed by atoms with Crippen molar-refractivity contribution in [3.8, 4) is 0 Å². The number of imide groups is 1. The van der Waals surface area contributed by atoms with Crippen LogP contribution < -0.4 is 10.9 Å². The number of thiophene rings is 1. The van der Waals surface area contributed by atoms with E-state index < -0.39 is 11.6 Å². The van der Waals surface area contributed by atoms with Crippen LogP contribution in [0.2, 0.25) is 0 Å². The lowest BCUT2D eigenvalue weighted by atomic mass is 9.80. The molecule has 4 heterocycles. The fraction of sp³-hybridized carbons (Fsp3) is 0.300. The summed E-state index contributed by atoms with van der Waals surface area (Å²) < 4.78 is 1.45. The summed E-state index contributed by atoms with van der Waals surface area (Å²) in [5.74, 6) is -0.261. The molecule has 8 heteroatoms. The van der Waals surface area contributed by atoms with Gasteiger partial charge in [-0.3, -0.25) is 18.9 Å². The number of fused-ring (bicyclic) bond motifs is 3. The molecule has 1 spiro atoms. The molecule has 5 rings (SSSR count). The lowest BCUT2D eigenvalue weighted by molar-refractivity contribution is -0.132. The summed E-state index contributed by atoms with van der Waals surface area (Å²) in [6.07, 6.45) is 4.04. The van der Waals surface area contributed by atoms with E-state index in [1.165, 1.54) is 15.4 Å². The summed E-state index contributed by atoms with van der Waals surface area (Å²) in [7, 11) is 0. The Morgan fingerprint density at radius 3 is 2.96 bits per heavy atom. The molecule has 0 radical (unpaired) electrons. The first-order valence-electron chi connectivity index (χ1n) is 9.18. The van der Waals surface area contributed by atoms with Crippen LogP contribution in [0.4, 0.5) is 4.79 Å². The minimum Gasteiger partial charge on any atom is -0.319 e. The van der Waals surface area contributed by atoms with Crippen LogP contribution in [0.3, 0.4) is 0 Å². The molecule has 1 saturated heterocycles. The van der Waals surface area contributed by atoms with Crippen LogP contribution in [0.25, 0.3) is 5.65 Å². The smallest absolute Gasteiger partial charge is 0.319 e. The molecule has 0 saturated carbocycles. The number of urea groups is 1. The fourth-order valence-electron chi connectivity index (χ4n) is 4.18. The van der Waals surface area contributed by atoms with Crippen molar-refractivity contribution in [3.63, 3.8) is 0 Å². The maximum atomic E-state index is 13.3. The van der Waals surface area contributed by atoms with Crippen LogP contribution in [0.1, 0.15) is 34.5 Å². The number of pyridine rings is 1. The predicted molar refractivity (Wildman–Crippen MR) is 104 cm³/mol. The Labute approximate surface area is 164 Å². The van der Waals surface area contributed by atoms with Crippen molar-refractivity contribution in [1.29, 1.82) is 0 Å². The number of carbonyl (C=O) groups excluding carboxylic acids is 2. The molecule has 1 fully saturated rings. The molecule has 3 amide bonds. The zero-order valence-electron chi connectivity index (χ0n) is 15.3. The molecule has 142 valence electrons. The molecule has 1 aliphatic heterocycles. The summed E-state index contributed by atoms with van der Waals surface area (Å²) in [5.41, 5.74) is 1.57. The number of aryl methyl sites for hydroxylation is 2. The predicted octanol–water partition coefficient (Wildman–Crippen LogP) is 2.35. The van der Waals surface area contributed by atoms with Gasteiger partial charge in [-0.05, 0) is 55.3 Å². The Morgan fingerprint density at radius 1 is 1.25 bits per heavy atom. The van der Waals surface area contributed by atoms with Gasteiger partial charge < -0.3 is 5.32 Å². The second-order valence-corrected chi connectivity index (χ2v) is 8.36. The van der Waals surface area contributed by atoms with Crippen LogP contribution in [-0.4, -0.2) is 26.2 Å². The van der Waals surface area contributed by atoms with Crippen molar-refractivity contribution in [2.75, 3.05) is 0 Å². The van der Waals surface area contributed by atoms with Crippen molar-refractivity contribution >= 4 is 28.9 Å². The van der Waals surface area contributed by atoms with Crippen LogP contribution in [0.15, 0.2) is 40.6 Å². The largest absolute Gasteiger partial charge is 0.325 e. The Bertz CT molecular complexity index is 1200. The first-order valence-corrected chi connectivity index (χ1v) is 10.1. The zero-order chi connectivity index (χ0) is 19.5. The lowest BCUT2D eigenvalue weighted by Crippen LogP contribution is -2.46. The van der Waals surface area contributed by atoms with Gasteiger partial charge >= 0.3 is 6.03 Å². The Hall–Kier alpha value is -3.00. The van der Waals surface area contributed by atoms with Gasteiger partial charge in [0.2, 0.25) is 0 Å². The van der Waals surface area contributed by atoms with Gasteiger partial charge in [-0.2, -0.15) is 0 Å². The van der Waals surface area contributed by atoms with E-state index in [4.69, 9.17) is 0 Å². The Morgan fingerprint density at radius 2 is 2.11 bits per heavy atom. The number of hydrogen-bond donors (Lipinski definition) is 1. The molecule has 1 N–H and O–H groups in total. The Balaban J connectivity index is 1.52. The molecule has 3 aromatic heterocycles. The monoisotopic (exact) mass is 394 g/mol. The van der Waals surface area contributed by atoms with E-state index in [1.54, 1.807) is 23.6 Å². The third-order valence-corrected chi connectivity index (χ3v) is 6.51. The molecule has 2 aliphatic rings. The lowest BCUT2D eigenvalue weighted by Gasteiger charge is -2.31. The van der Waals surface area contributed by atoms with Crippen molar-refractivity contribution in [2.45, 2.75) is 38.3 Å². The highest BCUT2D eigenvalue weighted by Crippen LogP contribution is 2.42. The van der Waals surface area contributed by atoms with Gasteiger partial charge in [0.05, 0.1) is 12.2 Å². The van der Waals surface area contributed by atoms with Crippen molar-refractivity contribution < 1.29 is 9.59 Å². The topological polar surface area (TPSA) is 83.8 Å². The number of aromatic nitrogens is 2. The molecule has 0 unspecified atom stereocenters. The molecule has 1 aliphatic carbocycles. The number of hydrogen-bond acceptors (Lipinski definition) is 5. The van der Waals surface area contributed by atoms with Crippen molar-refractivity contribution in [2.24, 2.45) is 0 Å². The van der Waals surface area contributed by atoms with Gasteiger partial charge in [-0.25, -0.2) is 9.78 Å². The first-order chi connectivity index (χ1) is 13.5. The van der Waals surface area contributed by atoms with Crippen molar-refractivity contribution in [1.82, 2.24) is 19.6 Å². The first kappa shape index (κ1) is 17.1. The normalized spacial score (nSPS) is 21.4. The molecule has 0 bridgehead atoms. The average Bonchev–Trinajstić information content (AvgIpc) is 3.22. The maximum Gasteiger partial charge on any atom is 0.325 e. The summed E-state index contributed by atoms with van der Waals surface area (Å²) in [6, 6.07) is 6.51. The van der Waals surface area contributed by atoms with Gasteiger partial charge in [0, 0.05) is 22.7 Å². The third-order valence-electron chi connectivity index (χ3n) is 5.53. The number of carbonyl (C=O) groups is 2. The molecule has 28 heavy (non-hydrogen) atoms. The highest BCUT2D eigenvalue weighted by molar-refractivity contribution is 7.10. The van der Waals surface area contributed by atoms with E-state index in [1.807, 2.05) is 24.4 Å². The Kier molecular flexibility index (Phi) is 3.67. The summed E-state index contributed by atoms with van der Waals surface area (Å²) >= 11 is 1.62. The van der Waals surface area contributed by atoms with Gasteiger partial charge in [0.1, 0.15) is 11.2 Å². The third kappa shape index (κ3) is 2.41. The van der Waals surface area contributed by atoms with E-state index in [9.17, 15) is 14.4 Å². The maximum absolute atomic E-state index is 13.3.